The van der Waals surface area contributed by atoms with Gasteiger partial charge in [-0.3, -0.25) is 5.43 Å². The zero-order valence-electron chi connectivity index (χ0n) is 12.9. The lowest BCUT2D eigenvalue weighted by Crippen LogP contribution is -1.97. The molecule has 122 valence electrons. The third-order valence-electron chi connectivity index (χ3n) is 3.02. The minimum absolute atomic E-state index is 0.509. The number of anilines is 1. The van der Waals surface area contributed by atoms with Crippen LogP contribution in [-0.2, 0) is 0 Å². The number of nitrogens with zero attached hydrogens (tertiary/aromatic N) is 1. The van der Waals surface area contributed by atoms with Crippen LogP contribution in [0.2, 0.25) is 5.02 Å². The average molecular weight is 400 g/mol. The Hall–Kier alpha value is -1.92. The highest BCUT2D eigenvalue weighted by molar-refractivity contribution is 9.10. The number of hydrogen-bond donors (Lipinski definition) is 1. The number of hydrazone groups is 1. The number of rotatable bonds is 6. The van der Waals surface area contributed by atoms with E-state index in [0.29, 0.717) is 22.3 Å². The molecule has 0 heterocycles. The summed E-state index contributed by atoms with van der Waals surface area (Å²) in [5, 5.41) is 4.71. The standard InChI is InChI=1S/C16H16BrClN2O3/c1-21-14-5-4-12(8-13(14)18)20-19-9-10-6-11(17)7-15(22-2)16(10)23-3/h4-9,20H,1-3H3/b19-9+. The second-order valence-electron chi connectivity index (χ2n) is 4.45. The molecule has 0 aliphatic rings. The topological polar surface area (TPSA) is 52.1 Å². The van der Waals surface area contributed by atoms with Gasteiger partial charge in [-0.25, -0.2) is 0 Å². The number of methoxy groups -OCH3 is 3. The predicted octanol–water partition coefficient (Wildman–Crippen LogP) is 4.57. The average Bonchev–Trinajstić information content (AvgIpc) is 2.54. The molecule has 5 nitrogen and oxygen atoms in total. The summed E-state index contributed by atoms with van der Waals surface area (Å²) in [6.45, 7) is 0. The summed E-state index contributed by atoms with van der Waals surface area (Å²) in [7, 11) is 4.74. The minimum atomic E-state index is 0.509. The van der Waals surface area contributed by atoms with Gasteiger partial charge in [0.25, 0.3) is 0 Å². The van der Waals surface area contributed by atoms with Gasteiger partial charge in [0.05, 0.1) is 38.3 Å². The molecule has 0 spiro atoms. The summed E-state index contributed by atoms with van der Waals surface area (Å²) >= 11 is 9.50. The van der Waals surface area contributed by atoms with Gasteiger partial charge in [0.1, 0.15) is 5.75 Å². The first-order chi connectivity index (χ1) is 11.1. The number of ether oxygens (including phenoxy) is 3. The molecule has 0 radical (unpaired) electrons. The molecule has 0 unspecified atom stereocenters. The zero-order valence-corrected chi connectivity index (χ0v) is 15.2. The van der Waals surface area contributed by atoms with E-state index in [2.05, 4.69) is 26.5 Å². The van der Waals surface area contributed by atoms with Crippen LogP contribution in [0.15, 0.2) is 39.9 Å². The van der Waals surface area contributed by atoms with E-state index in [4.69, 9.17) is 25.8 Å². The van der Waals surface area contributed by atoms with Crippen molar-refractivity contribution in [2.75, 3.05) is 26.8 Å². The molecule has 1 N–H and O–H groups in total. The Morgan fingerprint density at radius 2 is 1.78 bits per heavy atom. The van der Waals surface area contributed by atoms with Gasteiger partial charge in [0, 0.05) is 10.0 Å². The monoisotopic (exact) mass is 398 g/mol. The van der Waals surface area contributed by atoms with Gasteiger partial charge in [-0.05, 0) is 30.3 Å². The van der Waals surface area contributed by atoms with E-state index >= 15 is 0 Å². The van der Waals surface area contributed by atoms with Crippen LogP contribution in [-0.4, -0.2) is 27.5 Å². The molecule has 0 atom stereocenters. The number of benzene rings is 2. The molecule has 23 heavy (non-hydrogen) atoms. The van der Waals surface area contributed by atoms with E-state index in [1.807, 2.05) is 18.2 Å². The van der Waals surface area contributed by atoms with Crippen LogP contribution in [0.5, 0.6) is 17.2 Å². The third-order valence-corrected chi connectivity index (χ3v) is 3.77. The lowest BCUT2D eigenvalue weighted by atomic mass is 10.2. The molecule has 2 aromatic rings. The van der Waals surface area contributed by atoms with E-state index in [-0.39, 0.29) is 0 Å². The summed E-state index contributed by atoms with van der Waals surface area (Å²) < 4.78 is 16.6. The molecule has 0 aliphatic carbocycles. The molecule has 2 aromatic carbocycles. The summed E-state index contributed by atoms with van der Waals surface area (Å²) in [6, 6.07) is 9.03. The van der Waals surface area contributed by atoms with Crippen molar-refractivity contribution in [2.45, 2.75) is 0 Å². The first kappa shape index (κ1) is 17.4. The zero-order chi connectivity index (χ0) is 16.8. The Bertz CT molecular complexity index is 723. The van der Waals surface area contributed by atoms with Gasteiger partial charge in [-0.1, -0.05) is 27.5 Å². The lowest BCUT2D eigenvalue weighted by Gasteiger charge is -2.11. The van der Waals surface area contributed by atoms with E-state index < -0.39 is 0 Å². The molecule has 0 fully saturated rings. The molecule has 0 saturated heterocycles. The fourth-order valence-corrected chi connectivity index (χ4v) is 2.68. The van der Waals surface area contributed by atoms with E-state index in [0.717, 1.165) is 15.7 Å². The first-order valence-corrected chi connectivity index (χ1v) is 7.80. The lowest BCUT2D eigenvalue weighted by molar-refractivity contribution is 0.354. The maximum atomic E-state index is 6.07. The maximum absolute atomic E-state index is 6.07. The Balaban J connectivity index is 2.20. The van der Waals surface area contributed by atoms with E-state index in [9.17, 15) is 0 Å². The molecule has 0 saturated carbocycles. The molecule has 7 heteroatoms. The van der Waals surface area contributed by atoms with Gasteiger partial charge in [0.2, 0.25) is 0 Å². The molecular formula is C16H16BrClN2O3. The van der Waals surface area contributed by atoms with Crippen LogP contribution >= 0.6 is 27.5 Å². The van der Waals surface area contributed by atoms with Crippen molar-refractivity contribution in [3.63, 3.8) is 0 Å². The minimum Gasteiger partial charge on any atom is -0.495 e. The van der Waals surface area contributed by atoms with Gasteiger partial charge in [-0.15, -0.1) is 0 Å². The van der Waals surface area contributed by atoms with Crippen LogP contribution in [0.1, 0.15) is 5.56 Å². The second-order valence-corrected chi connectivity index (χ2v) is 5.77. The van der Waals surface area contributed by atoms with Crippen LogP contribution in [0.4, 0.5) is 5.69 Å². The van der Waals surface area contributed by atoms with Gasteiger partial charge in [0.15, 0.2) is 11.5 Å². The first-order valence-electron chi connectivity index (χ1n) is 6.63. The summed E-state index contributed by atoms with van der Waals surface area (Å²) in [5.74, 6) is 1.84. The van der Waals surface area contributed by atoms with Gasteiger partial charge in [-0.2, -0.15) is 5.10 Å². The number of hydrogen-bond acceptors (Lipinski definition) is 5. The highest BCUT2D eigenvalue weighted by Crippen LogP contribution is 2.33. The van der Waals surface area contributed by atoms with Crippen LogP contribution in [0.3, 0.4) is 0 Å². The quantitative estimate of drug-likeness (QED) is 0.571. The Morgan fingerprint density at radius 3 is 2.39 bits per heavy atom. The Labute approximate surface area is 148 Å². The van der Waals surface area contributed by atoms with Crippen LogP contribution in [0, 0.1) is 0 Å². The number of nitrogens with one attached hydrogen (secondary N) is 1. The normalized spacial score (nSPS) is 10.7. The molecule has 0 bridgehead atoms. The van der Waals surface area contributed by atoms with Crippen molar-refractivity contribution in [2.24, 2.45) is 5.10 Å². The summed E-state index contributed by atoms with van der Waals surface area (Å²) in [6.07, 6.45) is 1.64. The van der Waals surface area contributed by atoms with Crippen LogP contribution < -0.4 is 19.6 Å². The maximum Gasteiger partial charge on any atom is 0.169 e. The van der Waals surface area contributed by atoms with Crippen molar-refractivity contribution in [3.8, 4) is 17.2 Å². The number of halogens is 2. The fraction of sp³-hybridized carbons (Fsp3) is 0.188. The van der Waals surface area contributed by atoms with Crippen molar-refractivity contribution in [1.29, 1.82) is 0 Å². The Kier molecular flexibility index (Phi) is 6.12. The molecule has 0 aliphatic heterocycles. The smallest absolute Gasteiger partial charge is 0.169 e. The highest BCUT2D eigenvalue weighted by atomic mass is 79.9. The van der Waals surface area contributed by atoms with Gasteiger partial charge >= 0.3 is 0 Å². The molecule has 0 amide bonds. The molecule has 0 aromatic heterocycles. The van der Waals surface area contributed by atoms with Gasteiger partial charge < -0.3 is 14.2 Å². The van der Waals surface area contributed by atoms with Crippen molar-refractivity contribution < 1.29 is 14.2 Å². The SMILES string of the molecule is COc1ccc(N/N=C/c2cc(Br)cc(OC)c2OC)cc1Cl. The second kappa shape index (κ2) is 8.08. The summed E-state index contributed by atoms with van der Waals surface area (Å²) in [5.41, 5.74) is 4.42. The van der Waals surface area contributed by atoms with E-state index in [1.54, 1.807) is 39.7 Å². The Morgan fingerprint density at radius 1 is 1.04 bits per heavy atom. The fourth-order valence-electron chi connectivity index (χ4n) is 1.97. The van der Waals surface area contributed by atoms with Crippen molar-refractivity contribution in [1.82, 2.24) is 0 Å². The highest BCUT2D eigenvalue weighted by Gasteiger charge is 2.10. The summed E-state index contributed by atoms with van der Waals surface area (Å²) in [4.78, 5) is 0. The largest absolute Gasteiger partial charge is 0.495 e. The molecule has 2 rings (SSSR count). The predicted molar refractivity (Wildman–Crippen MR) is 96.5 cm³/mol. The molecular weight excluding hydrogens is 384 g/mol. The van der Waals surface area contributed by atoms with Crippen molar-refractivity contribution in [3.05, 3.63) is 45.4 Å². The van der Waals surface area contributed by atoms with E-state index in [1.165, 1.54) is 0 Å². The van der Waals surface area contributed by atoms with Crippen molar-refractivity contribution >= 4 is 39.4 Å². The van der Waals surface area contributed by atoms with Crippen LogP contribution in [0.25, 0.3) is 0 Å². The third kappa shape index (κ3) is 4.30.